The van der Waals surface area contributed by atoms with E-state index in [2.05, 4.69) is 15.9 Å². The first-order chi connectivity index (χ1) is 15.0. The second-order valence-corrected chi connectivity index (χ2v) is 7.43. The van der Waals surface area contributed by atoms with E-state index in [1.807, 2.05) is 0 Å². The third kappa shape index (κ3) is 4.18. The molecule has 0 fully saturated rings. The molecule has 0 aromatic heterocycles. The number of fused-ring (bicyclic) bond motifs is 1. The Labute approximate surface area is 187 Å². The number of ether oxygens (including phenoxy) is 4. The number of ketones is 1. The number of methoxy groups -OCH3 is 2. The van der Waals surface area contributed by atoms with Crippen molar-refractivity contribution in [2.24, 2.45) is 0 Å². The summed E-state index contributed by atoms with van der Waals surface area (Å²) in [4.78, 5) is 25.2. The Morgan fingerprint density at radius 1 is 0.968 bits per heavy atom. The number of benzene rings is 3. The van der Waals surface area contributed by atoms with E-state index >= 15 is 0 Å². The number of hydrogen-bond acceptors (Lipinski definition) is 6. The van der Waals surface area contributed by atoms with Gasteiger partial charge in [0.1, 0.15) is 23.0 Å². The van der Waals surface area contributed by atoms with Crippen molar-refractivity contribution < 1.29 is 28.5 Å². The van der Waals surface area contributed by atoms with Crippen molar-refractivity contribution in [3.8, 4) is 23.0 Å². The van der Waals surface area contributed by atoms with E-state index in [0.717, 1.165) is 0 Å². The third-order valence-corrected chi connectivity index (χ3v) is 5.36. The molecule has 3 aromatic rings. The van der Waals surface area contributed by atoms with E-state index in [1.165, 1.54) is 6.07 Å². The zero-order valence-corrected chi connectivity index (χ0v) is 18.3. The number of halogens is 1. The minimum absolute atomic E-state index is 0.135. The molecule has 6 nitrogen and oxygen atoms in total. The van der Waals surface area contributed by atoms with Gasteiger partial charge in [-0.2, -0.15) is 0 Å². The van der Waals surface area contributed by atoms with Gasteiger partial charge in [-0.25, -0.2) is 4.79 Å². The lowest BCUT2D eigenvalue weighted by Gasteiger charge is -2.08. The molecular weight excluding hydrogens is 464 g/mol. The molecule has 156 valence electrons. The molecule has 1 aliphatic heterocycles. The van der Waals surface area contributed by atoms with Gasteiger partial charge in [0.2, 0.25) is 5.78 Å². The maximum absolute atomic E-state index is 12.8. The van der Waals surface area contributed by atoms with Crippen LogP contribution in [0, 0.1) is 0 Å². The van der Waals surface area contributed by atoms with Crippen molar-refractivity contribution in [3.05, 3.63) is 87.6 Å². The molecule has 4 rings (SSSR count). The Bertz CT molecular complexity index is 1210. The molecule has 1 heterocycles. The molecule has 0 radical (unpaired) electrons. The molecule has 0 unspecified atom stereocenters. The zero-order valence-electron chi connectivity index (χ0n) is 16.7. The topological polar surface area (TPSA) is 71.1 Å². The Morgan fingerprint density at radius 2 is 1.74 bits per heavy atom. The van der Waals surface area contributed by atoms with Crippen molar-refractivity contribution >= 4 is 33.8 Å². The fraction of sp³-hybridized carbons (Fsp3) is 0.0833. The van der Waals surface area contributed by atoms with Crippen LogP contribution in [0.5, 0.6) is 23.0 Å². The Hall–Kier alpha value is -3.58. The summed E-state index contributed by atoms with van der Waals surface area (Å²) >= 11 is 3.33. The van der Waals surface area contributed by atoms with E-state index in [0.29, 0.717) is 38.4 Å². The fourth-order valence-electron chi connectivity index (χ4n) is 3.11. The summed E-state index contributed by atoms with van der Waals surface area (Å²) in [5.74, 6) is 1.12. The molecule has 31 heavy (non-hydrogen) atoms. The minimum Gasteiger partial charge on any atom is -0.497 e. The average Bonchev–Trinajstić information content (AvgIpc) is 3.08. The molecule has 0 saturated carbocycles. The Kier molecular flexibility index (Phi) is 5.77. The molecular formula is C24H17BrO6. The second-order valence-electron chi connectivity index (χ2n) is 6.57. The number of carbonyl (C=O) groups is 2. The number of allylic oxidation sites excluding steroid dienone is 1. The van der Waals surface area contributed by atoms with Crippen LogP contribution >= 0.6 is 15.9 Å². The summed E-state index contributed by atoms with van der Waals surface area (Å²) in [5.41, 5.74) is 1.41. The normalized spacial score (nSPS) is 13.5. The first-order valence-electron chi connectivity index (χ1n) is 9.27. The van der Waals surface area contributed by atoms with Gasteiger partial charge < -0.3 is 18.9 Å². The van der Waals surface area contributed by atoms with Crippen LogP contribution in [0.3, 0.4) is 0 Å². The first-order valence-corrected chi connectivity index (χ1v) is 10.1. The quantitative estimate of drug-likeness (QED) is 0.280. The van der Waals surface area contributed by atoms with Gasteiger partial charge in [-0.3, -0.25) is 4.79 Å². The Morgan fingerprint density at radius 3 is 2.48 bits per heavy atom. The largest absolute Gasteiger partial charge is 0.497 e. The first kappa shape index (κ1) is 20.7. The second kappa shape index (κ2) is 8.65. The highest BCUT2D eigenvalue weighted by Gasteiger charge is 2.28. The van der Waals surface area contributed by atoms with Crippen LogP contribution in [-0.4, -0.2) is 26.0 Å². The lowest BCUT2D eigenvalue weighted by Crippen LogP contribution is -2.09. The van der Waals surface area contributed by atoms with Crippen LogP contribution in [0.25, 0.3) is 6.08 Å². The smallest absolute Gasteiger partial charge is 0.344 e. The molecule has 0 bridgehead atoms. The molecule has 0 atom stereocenters. The van der Waals surface area contributed by atoms with Crippen LogP contribution in [0.4, 0.5) is 0 Å². The van der Waals surface area contributed by atoms with Crippen molar-refractivity contribution in [3.63, 3.8) is 0 Å². The van der Waals surface area contributed by atoms with Gasteiger partial charge in [0.15, 0.2) is 5.76 Å². The third-order valence-electron chi connectivity index (χ3n) is 4.67. The summed E-state index contributed by atoms with van der Waals surface area (Å²) in [6.07, 6.45) is 1.59. The molecule has 0 saturated heterocycles. The summed E-state index contributed by atoms with van der Waals surface area (Å²) in [6, 6.07) is 16.9. The summed E-state index contributed by atoms with van der Waals surface area (Å²) in [5, 5.41) is 0. The van der Waals surface area contributed by atoms with Crippen molar-refractivity contribution in [1.82, 2.24) is 0 Å². The molecule has 1 aliphatic rings. The van der Waals surface area contributed by atoms with Crippen LogP contribution in [0.2, 0.25) is 0 Å². The van der Waals surface area contributed by atoms with Gasteiger partial charge in [-0.1, -0.05) is 12.1 Å². The molecule has 0 N–H and O–H groups in total. The van der Waals surface area contributed by atoms with Gasteiger partial charge in [-0.05, 0) is 64.5 Å². The predicted molar refractivity (Wildman–Crippen MR) is 118 cm³/mol. The lowest BCUT2D eigenvalue weighted by molar-refractivity contribution is 0.0733. The number of hydrogen-bond donors (Lipinski definition) is 0. The number of rotatable bonds is 5. The number of esters is 1. The average molecular weight is 481 g/mol. The highest BCUT2D eigenvalue weighted by atomic mass is 79.9. The molecule has 0 amide bonds. The van der Waals surface area contributed by atoms with Crippen molar-refractivity contribution in [2.45, 2.75) is 0 Å². The fourth-order valence-corrected chi connectivity index (χ4v) is 3.56. The van der Waals surface area contributed by atoms with E-state index in [-0.39, 0.29) is 17.3 Å². The van der Waals surface area contributed by atoms with Crippen LogP contribution < -0.4 is 18.9 Å². The van der Waals surface area contributed by atoms with Crippen LogP contribution in [0.15, 0.2) is 70.9 Å². The van der Waals surface area contributed by atoms with Crippen LogP contribution in [-0.2, 0) is 0 Å². The number of carbonyl (C=O) groups excluding carboxylic acids is 2. The van der Waals surface area contributed by atoms with Gasteiger partial charge in [0.05, 0.1) is 25.3 Å². The molecule has 0 spiro atoms. The zero-order chi connectivity index (χ0) is 22.0. The van der Waals surface area contributed by atoms with Crippen LogP contribution in [0.1, 0.15) is 26.3 Å². The minimum atomic E-state index is -0.520. The van der Waals surface area contributed by atoms with Gasteiger partial charge >= 0.3 is 5.97 Å². The van der Waals surface area contributed by atoms with Crippen molar-refractivity contribution in [2.75, 3.05) is 14.2 Å². The van der Waals surface area contributed by atoms with Crippen molar-refractivity contribution in [1.29, 1.82) is 0 Å². The highest BCUT2D eigenvalue weighted by molar-refractivity contribution is 9.10. The number of Topliss-reactive ketones (excluding diaryl/α,β-unsaturated/α-hetero) is 1. The predicted octanol–water partition coefficient (Wildman–Crippen LogP) is 5.30. The molecule has 3 aromatic carbocycles. The summed E-state index contributed by atoms with van der Waals surface area (Å²) in [6.45, 7) is 0. The lowest BCUT2D eigenvalue weighted by atomic mass is 10.1. The SMILES string of the molecule is COc1ccc(OC)c(/C=C2\Oc3cc(OC(=O)c4ccccc4Br)ccc3C2=O)c1. The van der Waals surface area contributed by atoms with Gasteiger partial charge in [-0.15, -0.1) is 0 Å². The standard InChI is InChI=1S/C24H17BrO6/c1-28-15-8-10-20(29-2)14(11-15)12-22-23(26)18-9-7-16(13-21(18)31-22)30-24(27)17-5-3-4-6-19(17)25/h3-13H,1-2H3/b22-12-. The van der Waals surface area contributed by atoms with Gasteiger partial charge in [0, 0.05) is 16.1 Å². The maximum atomic E-state index is 12.8. The summed E-state index contributed by atoms with van der Waals surface area (Å²) < 4.78 is 22.4. The highest BCUT2D eigenvalue weighted by Crippen LogP contribution is 2.36. The summed E-state index contributed by atoms with van der Waals surface area (Å²) in [7, 11) is 3.10. The monoisotopic (exact) mass is 480 g/mol. The van der Waals surface area contributed by atoms with Gasteiger partial charge in [0.25, 0.3) is 0 Å². The van der Waals surface area contributed by atoms with E-state index in [4.69, 9.17) is 18.9 Å². The maximum Gasteiger partial charge on any atom is 0.344 e. The van der Waals surface area contributed by atoms with E-state index < -0.39 is 5.97 Å². The molecule has 7 heteroatoms. The Balaban J connectivity index is 1.60. The molecule has 0 aliphatic carbocycles. The van der Waals surface area contributed by atoms with E-state index in [9.17, 15) is 9.59 Å². The van der Waals surface area contributed by atoms with E-state index in [1.54, 1.807) is 74.9 Å².